The second kappa shape index (κ2) is 8.33. The summed E-state index contributed by atoms with van der Waals surface area (Å²) in [6.07, 6.45) is 3.05. The number of hydrogen-bond donors (Lipinski definition) is 1. The number of carbonyl (C=O) groups excluding carboxylic acids is 2. The summed E-state index contributed by atoms with van der Waals surface area (Å²) >= 11 is 0. The highest BCUT2D eigenvalue weighted by molar-refractivity contribution is 6.39. The third-order valence-corrected chi connectivity index (χ3v) is 4.20. The van der Waals surface area contributed by atoms with E-state index in [0.717, 1.165) is 24.8 Å². The molecule has 130 valence electrons. The minimum atomic E-state index is -0.583. The van der Waals surface area contributed by atoms with E-state index in [1.807, 2.05) is 30.3 Å². The molecule has 2 amide bonds. The standard InChI is InChI=1S/C20H22N2O3/c23-19(20(24)22-13-5-2-6-14-22)21-17-9-11-18(12-10-17)25-15-16-7-3-1-4-8-16/h1,3-4,7-12H,2,5-6,13-15H2,(H,21,23). The molecule has 0 aromatic heterocycles. The number of carbonyl (C=O) groups is 2. The summed E-state index contributed by atoms with van der Waals surface area (Å²) in [5.74, 6) is -0.326. The van der Waals surface area contributed by atoms with Gasteiger partial charge in [0.1, 0.15) is 12.4 Å². The summed E-state index contributed by atoms with van der Waals surface area (Å²) in [5, 5.41) is 2.65. The number of rotatable bonds is 4. The first-order valence-corrected chi connectivity index (χ1v) is 8.59. The highest BCUT2D eigenvalue weighted by atomic mass is 16.5. The summed E-state index contributed by atoms with van der Waals surface area (Å²) in [6.45, 7) is 1.82. The Morgan fingerprint density at radius 3 is 2.28 bits per heavy atom. The molecule has 5 nitrogen and oxygen atoms in total. The summed E-state index contributed by atoms with van der Waals surface area (Å²) < 4.78 is 5.71. The molecular weight excluding hydrogens is 316 g/mol. The van der Waals surface area contributed by atoms with Crippen molar-refractivity contribution in [2.75, 3.05) is 18.4 Å². The van der Waals surface area contributed by atoms with Gasteiger partial charge in [-0.3, -0.25) is 9.59 Å². The minimum absolute atomic E-state index is 0.455. The van der Waals surface area contributed by atoms with Gasteiger partial charge in [0.05, 0.1) is 0 Å². The number of benzene rings is 2. The molecule has 25 heavy (non-hydrogen) atoms. The first-order chi connectivity index (χ1) is 12.2. The molecule has 2 aromatic carbocycles. The van der Waals surface area contributed by atoms with Crippen molar-refractivity contribution < 1.29 is 14.3 Å². The number of ether oxygens (including phenoxy) is 1. The summed E-state index contributed by atoms with van der Waals surface area (Å²) in [7, 11) is 0. The van der Waals surface area contributed by atoms with Crippen molar-refractivity contribution >= 4 is 17.5 Å². The first kappa shape index (κ1) is 17.0. The third kappa shape index (κ3) is 4.83. The molecule has 1 heterocycles. The molecule has 0 unspecified atom stereocenters. The van der Waals surface area contributed by atoms with Gasteiger partial charge in [0.25, 0.3) is 0 Å². The van der Waals surface area contributed by atoms with Gasteiger partial charge < -0.3 is 15.0 Å². The Kier molecular flexibility index (Phi) is 5.67. The number of hydrogen-bond acceptors (Lipinski definition) is 3. The van der Waals surface area contributed by atoms with Crippen LogP contribution in [0.1, 0.15) is 24.8 Å². The zero-order valence-corrected chi connectivity index (χ0v) is 14.1. The van der Waals surface area contributed by atoms with Crippen LogP contribution >= 0.6 is 0 Å². The zero-order valence-electron chi connectivity index (χ0n) is 14.1. The van der Waals surface area contributed by atoms with Crippen molar-refractivity contribution in [2.45, 2.75) is 25.9 Å². The lowest BCUT2D eigenvalue weighted by Gasteiger charge is -2.25. The summed E-state index contributed by atoms with van der Waals surface area (Å²) in [6, 6.07) is 16.9. The van der Waals surface area contributed by atoms with Gasteiger partial charge in [-0.15, -0.1) is 0 Å². The lowest BCUT2D eigenvalue weighted by atomic mass is 10.1. The maximum Gasteiger partial charge on any atom is 0.313 e. The van der Waals surface area contributed by atoms with Crippen LogP contribution in [-0.4, -0.2) is 29.8 Å². The molecule has 1 aliphatic heterocycles. The Labute approximate surface area is 147 Å². The van der Waals surface area contributed by atoms with Gasteiger partial charge in [0.2, 0.25) is 0 Å². The predicted molar refractivity (Wildman–Crippen MR) is 96.3 cm³/mol. The normalized spacial score (nSPS) is 14.0. The van der Waals surface area contributed by atoms with Crippen molar-refractivity contribution in [3.05, 3.63) is 60.2 Å². The summed E-state index contributed by atoms with van der Waals surface area (Å²) in [5.41, 5.74) is 1.68. The van der Waals surface area contributed by atoms with Crippen LogP contribution in [0.5, 0.6) is 5.75 Å². The van der Waals surface area contributed by atoms with Crippen molar-refractivity contribution in [1.82, 2.24) is 4.90 Å². The van der Waals surface area contributed by atoms with Gasteiger partial charge in [0, 0.05) is 18.8 Å². The molecule has 0 saturated carbocycles. The number of likely N-dealkylation sites (tertiary alicyclic amines) is 1. The van der Waals surface area contributed by atoms with Crippen LogP contribution in [0.25, 0.3) is 0 Å². The van der Waals surface area contributed by atoms with Crippen molar-refractivity contribution in [3.8, 4) is 5.75 Å². The highest BCUT2D eigenvalue weighted by Gasteiger charge is 2.23. The maximum atomic E-state index is 12.1. The molecule has 5 heteroatoms. The first-order valence-electron chi connectivity index (χ1n) is 8.59. The smallest absolute Gasteiger partial charge is 0.313 e. The fourth-order valence-electron chi connectivity index (χ4n) is 2.80. The van der Waals surface area contributed by atoms with E-state index in [0.29, 0.717) is 31.1 Å². The molecule has 0 bridgehead atoms. The van der Waals surface area contributed by atoms with Gasteiger partial charge in [-0.1, -0.05) is 30.3 Å². The SMILES string of the molecule is O=C(Nc1ccc(OCc2ccccc2)cc1)C(=O)N1CCCCC1. The monoisotopic (exact) mass is 338 g/mol. The predicted octanol–water partition coefficient (Wildman–Crippen LogP) is 3.22. The second-order valence-electron chi connectivity index (χ2n) is 6.11. The fraction of sp³-hybridized carbons (Fsp3) is 0.300. The largest absolute Gasteiger partial charge is 0.489 e. The number of piperidine rings is 1. The molecule has 0 radical (unpaired) electrons. The Morgan fingerprint density at radius 2 is 1.60 bits per heavy atom. The Balaban J connectivity index is 1.51. The summed E-state index contributed by atoms with van der Waals surface area (Å²) in [4.78, 5) is 25.8. The van der Waals surface area contributed by atoms with E-state index in [4.69, 9.17) is 4.74 Å². The molecule has 1 N–H and O–H groups in total. The van der Waals surface area contributed by atoms with Crippen LogP contribution in [0.15, 0.2) is 54.6 Å². The van der Waals surface area contributed by atoms with Crippen LogP contribution in [-0.2, 0) is 16.2 Å². The van der Waals surface area contributed by atoms with Crippen LogP contribution in [0.2, 0.25) is 0 Å². The number of nitrogens with one attached hydrogen (secondary N) is 1. The highest BCUT2D eigenvalue weighted by Crippen LogP contribution is 2.17. The van der Waals surface area contributed by atoms with E-state index >= 15 is 0 Å². The Morgan fingerprint density at radius 1 is 0.920 bits per heavy atom. The van der Waals surface area contributed by atoms with Crippen LogP contribution < -0.4 is 10.1 Å². The van der Waals surface area contributed by atoms with Crippen molar-refractivity contribution in [1.29, 1.82) is 0 Å². The molecule has 3 rings (SSSR count). The Hall–Kier alpha value is -2.82. The quantitative estimate of drug-likeness (QED) is 0.871. The van der Waals surface area contributed by atoms with E-state index in [1.54, 1.807) is 29.2 Å². The van der Waals surface area contributed by atoms with E-state index in [-0.39, 0.29) is 0 Å². The van der Waals surface area contributed by atoms with Gasteiger partial charge in [-0.2, -0.15) is 0 Å². The lowest BCUT2D eigenvalue weighted by Crippen LogP contribution is -2.42. The molecule has 0 aliphatic carbocycles. The van der Waals surface area contributed by atoms with Crippen LogP contribution in [0, 0.1) is 0 Å². The molecule has 0 atom stereocenters. The van der Waals surface area contributed by atoms with E-state index in [2.05, 4.69) is 5.32 Å². The Bertz CT molecular complexity index is 707. The number of nitrogens with zero attached hydrogens (tertiary/aromatic N) is 1. The van der Waals surface area contributed by atoms with Crippen LogP contribution in [0.4, 0.5) is 5.69 Å². The van der Waals surface area contributed by atoms with Crippen LogP contribution in [0.3, 0.4) is 0 Å². The molecular formula is C20H22N2O3. The van der Waals surface area contributed by atoms with E-state index < -0.39 is 11.8 Å². The average molecular weight is 338 g/mol. The molecule has 2 aromatic rings. The number of anilines is 1. The zero-order chi connectivity index (χ0) is 17.5. The molecule has 1 fully saturated rings. The molecule has 1 saturated heterocycles. The number of amides is 2. The average Bonchev–Trinajstić information content (AvgIpc) is 2.68. The second-order valence-corrected chi connectivity index (χ2v) is 6.11. The van der Waals surface area contributed by atoms with E-state index in [1.165, 1.54) is 0 Å². The maximum absolute atomic E-state index is 12.1. The van der Waals surface area contributed by atoms with Crippen molar-refractivity contribution in [3.63, 3.8) is 0 Å². The van der Waals surface area contributed by atoms with Gasteiger partial charge in [-0.25, -0.2) is 0 Å². The van der Waals surface area contributed by atoms with E-state index in [9.17, 15) is 9.59 Å². The molecule has 1 aliphatic rings. The van der Waals surface area contributed by atoms with Gasteiger partial charge in [0.15, 0.2) is 0 Å². The lowest BCUT2D eigenvalue weighted by molar-refractivity contribution is -0.143. The van der Waals surface area contributed by atoms with Crippen molar-refractivity contribution in [2.24, 2.45) is 0 Å². The fourth-order valence-corrected chi connectivity index (χ4v) is 2.80. The van der Waals surface area contributed by atoms with Gasteiger partial charge in [-0.05, 0) is 49.1 Å². The molecule has 0 spiro atoms. The minimum Gasteiger partial charge on any atom is -0.489 e. The third-order valence-electron chi connectivity index (χ3n) is 4.20. The van der Waals surface area contributed by atoms with Gasteiger partial charge >= 0.3 is 11.8 Å². The topological polar surface area (TPSA) is 58.6 Å².